The summed E-state index contributed by atoms with van der Waals surface area (Å²) in [5, 5.41) is 22.4. The van der Waals surface area contributed by atoms with E-state index < -0.39 is 23.1 Å². The summed E-state index contributed by atoms with van der Waals surface area (Å²) in [6, 6.07) is 0. The smallest absolute Gasteiger partial charge is 0.338 e. The first-order valence-electron chi connectivity index (χ1n) is 9.60. The molecule has 26 heavy (non-hydrogen) atoms. The van der Waals surface area contributed by atoms with Crippen molar-refractivity contribution in [2.75, 3.05) is 7.11 Å². The second-order valence-electron chi connectivity index (χ2n) is 9.10. The van der Waals surface area contributed by atoms with Crippen molar-refractivity contribution in [1.29, 1.82) is 0 Å². The fraction of sp³-hybridized carbons (Fsp3) is 0.714. The predicted molar refractivity (Wildman–Crippen MR) is 95.0 cm³/mol. The van der Waals surface area contributed by atoms with E-state index in [-0.39, 0.29) is 29.0 Å². The highest BCUT2D eigenvalue weighted by molar-refractivity contribution is 6.01. The third kappa shape index (κ3) is 2.04. The molecular weight excluding hydrogens is 332 g/mol. The van der Waals surface area contributed by atoms with Crippen LogP contribution in [0.3, 0.4) is 0 Å². The van der Waals surface area contributed by atoms with Gasteiger partial charge in [-0.15, -0.1) is 0 Å². The van der Waals surface area contributed by atoms with Gasteiger partial charge in [0.1, 0.15) is 0 Å². The van der Waals surface area contributed by atoms with Crippen LogP contribution in [-0.2, 0) is 14.3 Å². The van der Waals surface area contributed by atoms with Crippen LogP contribution in [0.15, 0.2) is 23.8 Å². The van der Waals surface area contributed by atoms with Gasteiger partial charge in [-0.25, -0.2) is 4.79 Å². The minimum absolute atomic E-state index is 0.00456. The summed E-state index contributed by atoms with van der Waals surface area (Å²) in [5.74, 6) is -0.192. The Morgan fingerprint density at radius 3 is 2.73 bits per heavy atom. The third-order valence-corrected chi connectivity index (χ3v) is 8.17. The van der Waals surface area contributed by atoms with Crippen LogP contribution >= 0.6 is 0 Å². The Balaban J connectivity index is 1.75. The van der Waals surface area contributed by atoms with Crippen molar-refractivity contribution in [2.24, 2.45) is 28.6 Å². The molecule has 142 valence electrons. The minimum atomic E-state index is -1.53. The zero-order valence-electron chi connectivity index (χ0n) is 15.7. The molecule has 4 unspecified atom stereocenters. The molecule has 0 amide bonds. The van der Waals surface area contributed by atoms with E-state index in [9.17, 15) is 19.8 Å². The second-order valence-corrected chi connectivity index (χ2v) is 9.10. The molecule has 2 N–H and O–H groups in total. The molecular formula is C21H28O5. The van der Waals surface area contributed by atoms with Crippen molar-refractivity contribution in [3.8, 4) is 0 Å². The number of ether oxygens (including phenoxy) is 1. The van der Waals surface area contributed by atoms with Crippen molar-refractivity contribution in [2.45, 2.75) is 57.7 Å². The summed E-state index contributed by atoms with van der Waals surface area (Å²) in [6.45, 7) is 4.06. The number of esters is 1. The monoisotopic (exact) mass is 360 g/mol. The summed E-state index contributed by atoms with van der Waals surface area (Å²) in [7, 11) is 1.31. The summed E-state index contributed by atoms with van der Waals surface area (Å²) in [6.07, 6.45) is 7.89. The number of aliphatic hydroxyl groups is 2. The highest BCUT2D eigenvalue weighted by atomic mass is 16.5. The summed E-state index contributed by atoms with van der Waals surface area (Å²) >= 11 is 0. The number of hydrogen-bond acceptors (Lipinski definition) is 5. The number of carbonyl (C=O) groups excluding carboxylic acids is 2. The molecule has 0 aromatic heterocycles. The molecule has 0 aromatic rings. The van der Waals surface area contributed by atoms with Crippen LogP contribution in [0.4, 0.5) is 0 Å². The summed E-state index contributed by atoms with van der Waals surface area (Å²) in [5.41, 5.74) is -1.45. The molecule has 4 aliphatic rings. The number of hydrogen-bond donors (Lipinski definition) is 2. The van der Waals surface area contributed by atoms with Gasteiger partial charge < -0.3 is 14.9 Å². The molecule has 0 saturated heterocycles. The van der Waals surface area contributed by atoms with Crippen LogP contribution in [0, 0.1) is 28.6 Å². The Morgan fingerprint density at radius 1 is 1.31 bits per heavy atom. The first-order chi connectivity index (χ1) is 12.2. The van der Waals surface area contributed by atoms with Gasteiger partial charge >= 0.3 is 5.97 Å². The number of rotatable bonds is 1. The van der Waals surface area contributed by atoms with Gasteiger partial charge in [-0.2, -0.15) is 0 Å². The fourth-order valence-electron chi connectivity index (χ4n) is 6.83. The Hall–Kier alpha value is -1.46. The van der Waals surface area contributed by atoms with Gasteiger partial charge in [0.15, 0.2) is 11.4 Å². The molecule has 3 fully saturated rings. The number of fused-ring (bicyclic) bond motifs is 5. The average molecular weight is 360 g/mol. The van der Waals surface area contributed by atoms with E-state index in [1.54, 1.807) is 12.2 Å². The first-order valence-corrected chi connectivity index (χ1v) is 9.60. The molecule has 0 heterocycles. The summed E-state index contributed by atoms with van der Waals surface area (Å²) < 4.78 is 4.91. The van der Waals surface area contributed by atoms with Crippen molar-refractivity contribution in [1.82, 2.24) is 0 Å². The summed E-state index contributed by atoms with van der Waals surface area (Å²) in [4.78, 5) is 24.2. The third-order valence-electron chi connectivity index (χ3n) is 8.17. The first kappa shape index (κ1) is 17.9. The molecule has 0 aromatic carbocycles. The Labute approximate surface area is 154 Å². The van der Waals surface area contributed by atoms with Gasteiger partial charge in [-0.05, 0) is 56.1 Å². The topological polar surface area (TPSA) is 83.8 Å². The minimum Gasteiger partial charge on any atom is -0.467 e. The number of carbonyl (C=O) groups is 2. The quantitative estimate of drug-likeness (QED) is 0.700. The molecule has 7 atom stereocenters. The van der Waals surface area contributed by atoms with Gasteiger partial charge in [-0.3, -0.25) is 4.79 Å². The maximum atomic E-state index is 12.4. The van der Waals surface area contributed by atoms with E-state index in [4.69, 9.17) is 4.74 Å². The maximum Gasteiger partial charge on any atom is 0.338 e. The zero-order valence-corrected chi connectivity index (χ0v) is 15.7. The molecule has 0 aliphatic heterocycles. The van der Waals surface area contributed by atoms with Crippen LogP contribution in [0.25, 0.3) is 0 Å². The lowest BCUT2D eigenvalue weighted by molar-refractivity contribution is -0.194. The van der Waals surface area contributed by atoms with Crippen LogP contribution in [0.5, 0.6) is 0 Å². The van der Waals surface area contributed by atoms with Gasteiger partial charge in [0.05, 0.1) is 13.2 Å². The molecule has 0 spiro atoms. The van der Waals surface area contributed by atoms with E-state index in [0.717, 1.165) is 24.8 Å². The van der Waals surface area contributed by atoms with Crippen LogP contribution in [0.2, 0.25) is 0 Å². The molecule has 5 nitrogen and oxygen atoms in total. The van der Waals surface area contributed by atoms with Gasteiger partial charge in [-0.1, -0.05) is 25.5 Å². The lowest BCUT2D eigenvalue weighted by atomic mass is 9.46. The van der Waals surface area contributed by atoms with Crippen molar-refractivity contribution >= 4 is 11.8 Å². The number of allylic oxidation sites excluding steroid dienone is 4. The molecule has 3 saturated carbocycles. The Morgan fingerprint density at radius 2 is 2.04 bits per heavy atom. The molecule has 5 heteroatoms. The SMILES string of the molecule is COC(=O)[C@@]1(O)CCC2C3CCC4=CC(=O)C=C[C@]4(C)C3C(O)C[C@@]21C. The molecule has 4 rings (SSSR count). The van der Waals surface area contributed by atoms with Crippen molar-refractivity contribution in [3.05, 3.63) is 23.8 Å². The lowest BCUT2D eigenvalue weighted by Gasteiger charge is -2.59. The highest BCUT2D eigenvalue weighted by Crippen LogP contribution is 2.67. The highest BCUT2D eigenvalue weighted by Gasteiger charge is 2.68. The number of methoxy groups -OCH3 is 1. The van der Waals surface area contributed by atoms with Crippen LogP contribution in [0.1, 0.15) is 46.0 Å². The number of ketones is 1. The fourth-order valence-corrected chi connectivity index (χ4v) is 6.83. The van der Waals surface area contributed by atoms with Gasteiger partial charge in [0, 0.05) is 16.7 Å². The van der Waals surface area contributed by atoms with E-state index in [0.29, 0.717) is 12.8 Å². The van der Waals surface area contributed by atoms with Gasteiger partial charge in [0.25, 0.3) is 0 Å². The maximum absolute atomic E-state index is 12.4. The van der Waals surface area contributed by atoms with Crippen molar-refractivity contribution < 1.29 is 24.5 Å². The zero-order chi connectivity index (χ0) is 18.9. The average Bonchev–Trinajstić information content (AvgIpc) is 2.86. The van der Waals surface area contributed by atoms with E-state index in [1.807, 2.05) is 13.0 Å². The van der Waals surface area contributed by atoms with Crippen LogP contribution < -0.4 is 0 Å². The number of aliphatic hydroxyl groups excluding tert-OH is 1. The largest absolute Gasteiger partial charge is 0.467 e. The van der Waals surface area contributed by atoms with E-state index in [1.165, 1.54) is 7.11 Å². The normalized spacial score (nSPS) is 49.7. The standard InChI is InChI=1S/C21H28O5/c1-19-8-6-13(22)10-12(19)4-5-14-15-7-9-21(25,18(24)26-3)20(15,2)11-16(23)17(14)19/h6,8,10,14-17,23,25H,4-5,7,9,11H2,1-3H3/t14?,15?,16?,17?,19-,20-,21-/m0/s1. The molecule has 0 bridgehead atoms. The van der Waals surface area contributed by atoms with Gasteiger partial charge in [0.2, 0.25) is 0 Å². The Bertz CT molecular complexity index is 724. The van der Waals surface area contributed by atoms with Crippen molar-refractivity contribution in [3.63, 3.8) is 0 Å². The lowest BCUT2D eigenvalue weighted by Crippen LogP contribution is -2.61. The van der Waals surface area contributed by atoms with E-state index in [2.05, 4.69) is 6.92 Å². The molecule has 0 radical (unpaired) electrons. The molecule has 4 aliphatic carbocycles. The predicted octanol–water partition coefficient (Wildman–Crippen LogP) is 2.17. The van der Waals surface area contributed by atoms with Crippen LogP contribution in [-0.4, -0.2) is 40.8 Å². The Kier molecular flexibility index (Phi) is 3.81. The second kappa shape index (κ2) is 5.52. The van der Waals surface area contributed by atoms with E-state index >= 15 is 0 Å².